The van der Waals surface area contributed by atoms with Gasteiger partial charge in [0.15, 0.2) is 0 Å². The Kier molecular flexibility index (Phi) is 3.65. The monoisotopic (exact) mass is 259 g/mol. The Morgan fingerprint density at radius 3 is 2.32 bits per heavy atom. The highest BCUT2D eigenvalue weighted by atomic mass is 16.5. The Bertz CT molecular complexity index is 482. The highest BCUT2D eigenvalue weighted by Crippen LogP contribution is 2.24. The minimum absolute atomic E-state index is 0.139. The summed E-state index contributed by atoms with van der Waals surface area (Å²) in [6, 6.07) is 8.53. The number of carbonyl (C=O) groups is 1. The number of carbonyl (C=O) groups excluding carboxylic acids is 1. The molecule has 0 amide bonds. The summed E-state index contributed by atoms with van der Waals surface area (Å²) in [5, 5.41) is 0. The van der Waals surface area contributed by atoms with E-state index in [1.165, 1.54) is 11.6 Å². The summed E-state index contributed by atoms with van der Waals surface area (Å²) in [6.07, 6.45) is 3.16. The maximum atomic E-state index is 11.0. The molecule has 0 bridgehead atoms. The van der Waals surface area contributed by atoms with Crippen molar-refractivity contribution in [3.63, 3.8) is 0 Å². The third-order valence-corrected chi connectivity index (χ3v) is 3.34. The van der Waals surface area contributed by atoms with E-state index in [1.807, 2.05) is 13.1 Å². The number of esters is 1. The largest absolute Gasteiger partial charge is 0.453 e. The summed E-state index contributed by atoms with van der Waals surface area (Å²) in [7, 11) is 2.01. The molecule has 0 N–H and O–H groups in total. The van der Waals surface area contributed by atoms with Gasteiger partial charge in [-0.15, -0.1) is 0 Å². The predicted molar refractivity (Wildman–Crippen MR) is 77.4 cm³/mol. The van der Waals surface area contributed by atoms with Crippen LogP contribution in [0.5, 0.6) is 0 Å². The van der Waals surface area contributed by atoms with Gasteiger partial charge in [-0.25, -0.2) is 4.79 Å². The predicted octanol–water partition coefficient (Wildman–Crippen LogP) is 2.90. The third kappa shape index (κ3) is 3.37. The highest BCUT2D eigenvalue weighted by Gasteiger charge is 2.19. The van der Waals surface area contributed by atoms with Crippen molar-refractivity contribution >= 4 is 11.7 Å². The van der Waals surface area contributed by atoms with Gasteiger partial charge in [-0.05, 0) is 29.2 Å². The molecule has 0 saturated heterocycles. The van der Waals surface area contributed by atoms with E-state index >= 15 is 0 Å². The van der Waals surface area contributed by atoms with Crippen LogP contribution in [0.4, 0.5) is 5.69 Å². The molecule has 0 aliphatic carbocycles. The zero-order valence-electron chi connectivity index (χ0n) is 12.0. The van der Waals surface area contributed by atoms with Gasteiger partial charge in [0.2, 0.25) is 0 Å². The molecule has 102 valence electrons. The lowest BCUT2D eigenvalue weighted by molar-refractivity contribution is -0.138. The molecule has 0 saturated carbocycles. The van der Waals surface area contributed by atoms with Crippen molar-refractivity contribution in [2.24, 2.45) is 0 Å². The maximum absolute atomic E-state index is 11.0. The molecule has 1 heterocycles. The van der Waals surface area contributed by atoms with Crippen molar-refractivity contribution in [1.82, 2.24) is 0 Å². The lowest BCUT2D eigenvalue weighted by Gasteiger charge is -2.24. The Morgan fingerprint density at radius 2 is 1.84 bits per heavy atom. The molecule has 1 aromatic rings. The van der Waals surface area contributed by atoms with Crippen molar-refractivity contribution in [3.8, 4) is 0 Å². The second kappa shape index (κ2) is 5.08. The lowest BCUT2D eigenvalue weighted by atomic mass is 9.87. The molecule has 1 aliphatic rings. The standard InChI is InChI=1S/C16H21NO2/c1-16(2,3)12-5-7-13(8-6-12)17(4)11-14-9-10-15(18)19-14/h5-10,14H,11H2,1-4H3. The van der Waals surface area contributed by atoms with E-state index in [1.54, 1.807) is 0 Å². The van der Waals surface area contributed by atoms with E-state index in [-0.39, 0.29) is 17.5 Å². The zero-order valence-corrected chi connectivity index (χ0v) is 12.0. The van der Waals surface area contributed by atoms with E-state index in [2.05, 4.69) is 49.9 Å². The number of hydrogen-bond donors (Lipinski definition) is 0. The summed E-state index contributed by atoms with van der Waals surface area (Å²) >= 11 is 0. The van der Waals surface area contributed by atoms with Crippen LogP contribution in [0, 0.1) is 0 Å². The Morgan fingerprint density at radius 1 is 1.21 bits per heavy atom. The first-order valence-corrected chi connectivity index (χ1v) is 6.57. The molecular formula is C16H21NO2. The van der Waals surface area contributed by atoms with Gasteiger partial charge < -0.3 is 9.64 Å². The van der Waals surface area contributed by atoms with Gasteiger partial charge in [0, 0.05) is 18.8 Å². The molecule has 0 radical (unpaired) electrons. The number of nitrogens with zero attached hydrogens (tertiary/aromatic N) is 1. The maximum Gasteiger partial charge on any atom is 0.331 e. The number of cyclic esters (lactones) is 1. The van der Waals surface area contributed by atoms with Gasteiger partial charge in [-0.3, -0.25) is 0 Å². The molecule has 1 aromatic carbocycles. The molecule has 3 nitrogen and oxygen atoms in total. The Hall–Kier alpha value is -1.77. The van der Waals surface area contributed by atoms with Gasteiger partial charge in [-0.1, -0.05) is 32.9 Å². The molecule has 3 heteroatoms. The van der Waals surface area contributed by atoms with Crippen LogP contribution >= 0.6 is 0 Å². The molecule has 2 rings (SSSR count). The van der Waals surface area contributed by atoms with Crippen LogP contribution in [0.2, 0.25) is 0 Å². The van der Waals surface area contributed by atoms with E-state index in [0.29, 0.717) is 6.54 Å². The first kappa shape index (κ1) is 13.7. The van der Waals surface area contributed by atoms with Gasteiger partial charge in [-0.2, -0.15) is 0 Å². The van der Waals surface area contributed by atoms with Crippen molar-refractivity contribution in [1.29, 1.82) is 0 Å². The summed E-state index contributed by atoms with van der Waals surface area (Å²) in [4.78, 5) is 13.1. The summed E-state index contributed by atoms with van der Waals surface area (Å²) < 4.78 is 5.14. The lowest BCUT2D eigenvalue weighted by Crippen LogP contribution is -2.28. The van der Waals surface area contributed by atoms with E-state index in [0.717, 1.165) is 5.69 Å². The zero-order chi connectivity index (χ0) is 14.0. The van der Waals surface area contributed by atoms with Crippen molar-refractivity contribution in [3.05, 3.63) is 42.0 Å². The van der Waals surface area contributed by atoms with E-state index < -0.39 is 0 Å². The highest BCUT2D eigenvalue weighted by molar-refractivity contribution is 5.84. The number of rotatable bonds is 3. The van der Waals surface area contributed by atoms with Crippen LogP contribution in [-0.4, -0.2) is 25.7 Å². The van der Waals surface area contributed by atoms with Crippen molar-refractivity contribution < 1.29 is 9.53 Å². The van der Waals surface area contributed by atoms with Crippen LogP contribution < -0.4 is 4.90 Å². The SMILES string of the molecule is CN(CC1C=CC(=O)O1)c1ccc(C(C)(C)C)cc1. The van der Waals surface area contributed by atoms with Crippen LogP contribution in [0.1, 0.15) is 26.3 Å². The Labute approximate surface area is 114 Å². The smallest absolute Gasteiger partial charge is 0.331 e. The third-order valence-electron chi connectivity index (χ3n) is 3.34. The second-order valence-corrected chi connectivity index (χ2v) is 6.01. The van der Waals surface area contributed by atoms with Gasteiger partial charge in [0.1, 0.15) is 6.10 Å². The number of anilines is 1. The number of benzene rings is 1. The fourth-order valence-corrected chi connectivity index (χ4v) is 2.10. The number of hydrogen-bond acceptors (Lipinski definition) is 3. The van der Waals surface area contributed by atoms with Crippen LogP contribution in [-0.2, 0) is 14.9 Å². The number of ether oxygens (including phenoxy) is 1. The van der Waals surface area contributed by atoms with Gasteiger partial charge in [0.25, 0.3) is 0 Å². The van der Waals surface area contributed by atoms with Crippen molar-refractivity contribution in [2.75, 3.05) is 18.5 Å². The van der Waals surface area contributed by atoms with Gasteiger partial charge in [0.05, 0.1) is 6.54 Å². The topological polar surface area (TPSA) is 29.5 Å². The summed E-state index contributed by atoms with van der Waals surface area (Å²) in [5.74, 6) is -0.249. The molecule has 0 spiro atoms. The fraction of sp³-hybridized carbons (Fsp3) is 0.438. The quantitative estimate of drug-likeness (QED) is 0.782. The molecule has 1 atom stereocenters. The minimum Gasteiger partial charge on any atom is -0.453 e. The molecule has 19 heavy (non-hydrogen) atoms. The van der Waals surface area contributed by atoms with E-state index in [4.69, 9.17) is 4.74 Å². The Balaban J connectivity index is 2.02. The van der Waals surface area contributed by atoms with E-state index in [9.17, 15) is 4.79 Å². The average molecular weight is 259 g/mol. The van der Waals surface area contributed by atoms with Crippen LogP contribution in [0.3, 0.4) is 0 Å². The van der Waals surface area contributed by atoms with Crippen molar-refractivity contribution in [2.45, 2.75) is 32.3 Å². The normalized spacial score (nSPS) is 18.5. The molecule has 0 aromatic heterocycles. The number of likely N-dealkylation sites (N-methyl/N-ethyl adjacent to an activating group) is 1. The first-order valence-electron chi connectivity index (χ1n) is 6.57. The molecular weight excluding hydrogens is 238 g/mol. The average Bonchev–Trinajstić information content (AvgIpc) is 2.74. The molecule has 1 aliphatic heterocycles. The summed E-state index contributed by atoms with van der Waals surface area (Å²) in [6.45, 7) is 7.29. The fourth-order valence-electron chi connectivity index (χ4n) is 2.10. The first-order chi connectivity index (χ1) is 8.86. The summed E-state index contributed by atoms with van der Waals surface area (Å²) in [5.41, 5.74) is 2.61. The second-order valence-electron chi connectivity index (χ2n) is 6.01. The van der Waals surface area contributed by atoms with Crippen LogP contribution in [0.15, 0.2) is 36.4 Å². The molecule has 1 unspecified atom stereocenters. The van der Waals surface area contributed by atoms with Gasteiger partial charge >= 0.3 is 5.97 Å². The molecule has 0 fully saturated rings. The van der Waals surface area contributed by atoms with Crippen LogP contribution in [0.25, 0.3) is 0 Å². The minimum atomic E-state index is -0.249.